The molecule has 1 aliphatic carbocycles. The lowest BCUT2D eigenvalue weighted by Crippen LogP contribution is -2.65. The predicted molar refractivity (Wildman–Crippen MR) is 93.8 cm³/mol. The highest BCUT2D eigenvalue weighted by atomic mass is 16.2. The number of hydrogen-bond acceptors (Lipinski definition) is 4. The minimum absolute atomic E-state index is 0.0409. The third-order valence-corrected chi connectivity index (χ3v) is 5.80. The average Bonchev–Trinajstić information content (AvgIpc) is 2.96. The van der Waals surface area contributed by atoms with E-state index in [0.717, 1.165) is 25.8 Å². The van der Waals surface area contributed by atoms with Gasteiger partial charge in [-0.05, 0) is 19.3 Å². The van der Waals surface area contributed by atoms with Crippen LogP contribution in [0.25, 0.3) is 0 Å². The van der Waals surface area contributed by atoms with Crippen LogP contribution in [0, 0.1) is 0 Å². The van der Waals surface area contributed by atoms with Crippen molar-refractivity contribution in [2.45, 2.75) is 76.5 Å². The Labute approximate surface area is 149 Å². The molecule has 2 N–H and O–H groups in total. The van der Waals surface area contributed by atoms with E-state index in [9.17, 15) is 14.4 Å². The van der Waals surface area contributed by atoms with Crippen molar-refractivity contribution in [2.75, 3.05) is 19.6 Å². The number of carbonyl (C=O) groups excluding carboxylic acids is 3. The van der Waals surface area contributed by atoms with Crippen molar-refractivity contribution in [1.82, 2.24) is 20.4 Å². The Morgan fingerprint density at radius 3 is 2.40 bits per heavy atom. The van der Waals surface area contributed by atoms with E-state index in [1.54, 1.807) is 0 Å². The van der Waals surface area contributed by atoms with E-state index in [1.165, 1.54) is 33.1 Å². The molecule has 0 bridgehead atoms. The fourth-order valence-corrected chi connectivity index (χ4v) is 4.72. The summed E-state index contributed by atoms with van der Waals surface area (Å²) < 4.78 is 0. The van der Waals surface area contributed by atoms with Gasteiger partial charge in [0, 0.05) is 51.6 Å². The zero-order valence-corrected chi connectivity index (χ0v) is 15.3. The minimum atomic E-state index is -0.278. The molecule has 2 heterocycles. The van der Waals surface area contributed by atoms with E-state index in [-0.39, 0.29) is 35.8 Å². The van der Waals surface area contributed by atoms with Crippen LogP contribution in [0.15, 0.2) is 0 Å². The van der Waals surface area contributed by atoms with Crippen LogP contribution in [0.2, 0.25) is 0 Å². The molecule has 140 valence electrons. The molecule has 7 nitrogen and oxygen atoms in total. The number of nitrogens with zero attached hydrogens (tertiary/aromatic N) is 2. The first kappa shape index (κ1) is 18.2. The molecule has 2 saturated heterocycles. The molecule has 0 aromatic carbocycles. The maximum Gasteiger partial charge on any atom is 0.242 e. The quantitative estimate of drug-likeness (QED) is 0.761. The monoisotopic (exact) mass is 350 g/mol. The zero-order valence-electron chi connectivity index (χ0n) is 15.3. The second kappa shape index (κ2) is 7.72. The molecular weight excluding hydrogens is 320 g/mol. The molecule has 0 aromatic rings. The molecule has 25 heavy (non-hydrogen) atoms. The van der Waals surface area contributed by atoms with Crippen LogP contribution in [0.1, 0.15) is 52.4 Å². The lowest BCUT2D eigenvalue weighted by molar-refractivity contribution is -0.146. The van der Waals surface area contributed by atoms with Gasteiger partial charge in [-0.2, -0.15) is 0 Å². The fraction of sp³-hybridized carbons (Fsp3) is 0.833. The molecule has 3 fully saturated rings. The van der Waals surface area contributed by atoms with Gasteiger partial charge in [-0.15, -0.1) is 0 Å². The van der Waals surface area contributed by atoms with Crippen LogP contribution >= 0.6 is 0 Å². The van der Waals surface area contributed by atoms with Crippen molar-refractivity contribution in [3.8, 4) is 0 Å². The van der Waals surface area contributed by atoms with Gasteiger partial charge in [0.1, 0.15) is 6.04 Å². The number of nitrogens with one attached hydrogen (secondary N) is 2. The van der Waals surface area contributed by atoms with Gasteiger partial charge in [-0.25, -0.2) is 0 Å². The molecule has 7 heteroatoms. The van der Waals surface area contributed by atoms with E-state index in [1.807, 2.05) is 4.90 Å². The molecule has 0 unspecified atom stereocenters. The van der Waals surface area contributed by atoms with Gasteiger partial charge in [0.15, 0.2) is 0 Å². The largest absolute Gasteiger partial charge is 0.354 e. The zero-order chi connectivity index (χ0) is 18.0. The summed E-state index contributed by atoms with van der Waals surface area (Å²) in [7, 11) is 0. The maximum atomic E-state index is 13.1. The van der Waals surface area contributed by atoms with E-state index in [4.69, 9.17) is 0 Å². The number of carbonyl (C=O) groups is 3. The molecule has 0 spiro atoms. The minimum Gasteiger partial charge on any atom is -0.354 e. The summed E-state index contributed by atoms with van der Waals surface area (Å²) >= 11 is 0. The third kappa shape index (κ3) is 4.14. The number of piperazine rings is 1. The van der Waals surface area contributed by atoms with Gasteiger partial charge in [0.05, 0.1) is 0 Å². The second-order valence-electron chi connectivity index (χ2n) is 7.72. The summed E-state index contributed by atoms with van der Waals surface area (Å²) in [5.41, 5.74) is 0. The first-order valence-corrected chi connectivity index (χ1v) is 9.53. The smallest absolute Gasteiger partial charge is 0.242 e. The van der Waals surface area contributed by atoms with Crippen molar-refractivity contribution in [3.05, 3.63) is 0 Å². The van der Waals surface area contributed by atoms with Gasteiger partial charge >= 0.3 is 0 Å². The van der Waals surface area contributed by atoms with Gasteiger partial charge < -0.3 is 15.5 Å². The molecule has 2 aliphatic heterocycles. The molecule has 0 radical (unpaired) electrons. The van der Waals surface area contributed by atoms with Gasteiger partial charge in [-0.3, -0.25) is 19.3 Å². The van der Waals surface area contributed by atoms with Crippen molar-refractivity contribution < 1.29 is 14.4 Å². The highest BCUT2D eigenvalue weighted by Crippen LogP contribution is 2.31. The first-order valence-electron chi connectivity index (χ1n) is 9.53. The Kier molecular flexibility index (Phi) is 5.61. The summed E-state index contributed by atoms with van der Waals surface area (Å²) in [5.74, 6) is -0.0456. The topological polar surface area (TPSA) is 81.8 Å². The summed E-state index contributed by atoms with van der Waals surface area (Å²) in [4.78, 5) is 40.1. The lowest BCUT2D eigenvalue weighted by atomic mass is 9.91. The van der Waals surface area contributed by atoms with Crippen LogP contribution in [0.3, 0.4) is 0 Å². The van der Waals surface area contributed by atoms with Crippen molar-refractivity contribution in [3.63, 3.8) is 0 Å². The Morgan fingerprint density at radius 1 is 1.04 bits per heavy atom. The van der Waals surface area contributed by atoms with Gasteiger partial charge in [0.2, 0.25) is 17.7 Å². The maximum absolute atomic E-state index is 13.1. The van der Waals surface area contributed by atoms with E-state index < -0.39 is 0 Å². The number of hydrogen-bond donors (Lipinski definition) is 2. The Morgan fingerprint density at radius 2 is 1.76 bits per heavy atom. The molecular formula is C18H30N4O3. The normalized spacial score (nSPS) is 30.9. The predicted octanol–water partition coefficient (Wildman–Crippen LogP) is 0.245. The lowest BCUT2D eigenvalue weighted by Gasteiger charge is -2.47. The van der Waals surface area contributed by atoms with Crippen LogP contribution in [0.4, 0.5) is 0 Å². The van der Waals surface area contributed by atoms with Crippen molar-refractivity contribution in [1.29, 1.82) is 0 Å². The van der Waals surface area contributed by atoms with Crippen LogP contribution in [0.5, 0.6) is 0 Å². The average molecular weight is 350 g/mol. The summed E-state index contributed by atoms with van der Waals surface area (Å²) in [6, 6.07) is 0.358. The number of amides is 3. The number of fused-ring (bicyclic) bond motifs is 1. The van der Waals surface area contributed by atoms with Gasteiger partial charge in [-0.1, -0.05) is 19.3 Å². The number of rotatable bonds is 4. The van der Waals surface area contributed by atoms with Crippen LogP contribution in [-0.4, -0.2) is 71.3 Å². The standard InChI is InChI=1S/C18H30N4O3/c1-12(23)19-9-17-18(25)22-10-14(20-13(2)24)8-16(22)11-21(17)15-6-4-3-5-7-15/h14-17H,3-11H2,1-2H3,(H,19,23)(H,20,24)/t14-,16-,17-/m0/s1. The van der Waals surface area contributed by atoms with E-state index in [2.05, 4.69) is 15.5 Å². The Bertz CT molecular complexity index is 532. The molecule has 3 rings (SSSR count). The highest BCUT2D eigenvalue weighted by molar-refractivity contribution is 5.85. The summed E-state index contributed by atoms with van der Waals surface area (Å²) in [5, 5.41) is 5.80. The molecule has 1 saturated carbocycles. The van der Waals surface area contributed by atoms with Crippen molar-refractivity contribution in [2.24, 2.45) is 0 Å². The van der Waals surface area contributed by atoms with Crippen molar-refractivity contribution >= 4 is 17.7 Å². The highest BCUT2D eigenvalue weighted by Gasteiger charge is 2.47. The molecule has 0 aromatic heterocycles. The van der Waals surface area contributed by atoms with Gasteiger partial charge in [0.25, 0.3) is 0 Å². The second-order valence-corrected chi connectivity index (χ2v) is 7.72. The van der Waals surface area contributed by atoms with E-state index in [0.29, 0.717) is 19.1 Å². The molecule has 3 aliphatic rings. The molecule has 3 amide bonds. The van der Waals surface area contributed by atoms with E-state index >= 15 is 0 Å². The SMILES string of the molecule is CC(=O)NC[C@H]1C(=O)N2C[C@@H](NC(C)=O)C[C@H]2CN1C1CCCCC1. The summed E-state index contributed by atoms with van der Waals surface area (Å²) in [6.07, 6.45) is 6.78. The molecule has 3 atom stereocenters. The third-order valence-electron chi connectivity index (χ3n) is 5.80. The Balaban J connectivity index is 1.74. The summed E-state index contributed by atoms with van der Waals surface area (Å²) in [6.45, 7) is 4.81. The first-order chi connectivity index (χ1) is 12.0. The van der Waals surface area contributed by atoms with Crippen LogP contribution in [-0.2, 0) is 14.4 Å². The Hall–Kier alpha value is -1.63. The fourth-order valence-electron chi connectivity index (χ4n) is 4.72. The van der Waals surface area contributed by atoms with Crippen LogP contribution < -0.4 is 10.6 Å².